The maximum Gasteiger partial charge on any atom is 0.416 e. The lowest BCUT2D eigenvalue weighted by Crippen LogP contribution is -2.29. The second-order valence-corrected chi connectivity index (χ2v) is 4.35. The van der Waals surface area contributed by atoms with Crippen LogP contribution in [0, 0.1) is 11.3 Å². The van der Waals surface area contributed by atoms with Gasteiger partial charge in [-0.25, -0.2) is 0 Å². The van der Waals surface area contributed by atoms with Gasteiger partial charge >= 0.3 is 6.18 Å². The van der Waals surface area contributed by atoms with Gasteiger partial charge in [0.2, 0.25) is 0 Å². The van der Waals surface area contributed by atoms with Gasteiger partial charge in [0.1, 0.15) is 6.07 Å². The molecular formula is C13H16F3N3O. The highest BCUT2D eigenvalue weighted by Crippen LogP contribution is 2.31. The summed E-state index contributed by atoms with van der Waals surface area (Å²) < 4.78 is 37.5. The van der Waals surface area contributed by atoms with Gasteiger partial charge in [0.25, 0.3) is 0 Å². The molecule has 0 bridgehead atoms. The quantitative estimate of drug-likeness (QED) is 0.700. The first-order chi connectivity index (χ1) is 9.34. The molecule has 7 heteroatoms. The van der Waals surface area contributed by atoms with Crippen LogP contribution in [0.2, 0.25) is 0 Å². The number of halogens is 3. The van der Waals surface area contributed by atoms with Crippen molar-refractivity contribution in [3.63, 3.8) is 0 Å². The first-order valence-electron chi connectivity index (χ1n) is 6.08. The van der Waals surface area contributed by atoms with E-state index in [-0.39, 0.29) is 5.56 Å². The molecule has 0 fully saturated rings. The van der Waals surface area contributed by atoms with Gasteiger partial charge in [-0.1, -0.05) is 0 Å². The van der Waals surface area contributed by atoms with Crippen molar-refractivity contribution >= 4 is 5.69 Å². The molecular weight excluding hydrogens is 271 g/mol. The third-order valence-electron chi connectivity index (χ3n) is 2.52. The lowest BCUT2D eigenvalue weighted by molar-refractivity contribution is -0.137. The minimum atomic E-state index is -4.46. The third kappa shape index (κ3) is 5.07. The summed E-state index contributed by atoms with van der Waals surface area (Å²) in [5.74, 6) is 0. The lowest BCUT2D eigenvalue weighted by atomic mass is 10.1. The van der Waals surface area contributed by atoms with E-state index >= 15 is 0 Å². The molecule has 3 N–H and O–H groups in total. The minimum Gasteiger partial charge on any atom is -0.392 e. The Bertz CT molecular complexity index is 481. The first kappa shape index (κ1) is 16.3. The van der Waals surface area contributed by atoms with Gasteiger partial charge in [-0.05, 0) is 25.1 Å². The maximum atomic E-state index is 12.5. The molecule has 1 atom stereocenters. The Morgan fingerprint density at radius 3 is 2.60 bits per heavy atom. The van der Waals surface area contributed by atoms with E-state index in [1.165, 1.54) is 6.07 Å². The molecule has 1 rings (SSSR count). The number of nitrogens with zero attached hydrogens (tertiary/aromatic N) is 1. The number of aliphatic hydroxyl groups excluding tert-OH is 1. The third-order valence-corrected chi connectivity index (χ3v) is 2.52. The SMILES string of the molecule is CC(O)CNCCNc1ccc(C(F)(F)F)cc1C#N. The molecule has 0 aliphatic carbocycles. The highest BCUT2D eigenvalue weighted by atomic mass is 19.4. The van der Waals surface area contributed by atoms with Crippen LogP contribution in [0.5, 0.6) is 0 Å². The average Bonchev–Trinajstić information content (AvgIpc) is 2.36. The Kier molecular flexibility index (Phi) is 5.80. The van der Waals surface area contributed by atoms with E-state index in [0.717, 1.165) is 12.1 Å². The van der Waals surface area contributed by atoms with E-state index in [9.17, 15) is 13.2 Å². The number of hydrogen-bond acceptors (Lipinski definition) is 4. The van der Waals surface area contributed by atoms with Crippen LogP contribution in [0.1, 0.15) is 18.1 Å². The fraction of sp³-hybridized carbons (Fsp3) is 0.462. The molecule has 1 unspecified atom stereocenters. The summed E-state index contributed by atoms with van der Waals surface area (Å²) >= 11 is 0. The summed E-state index contributed by atoms with van der Waals surface area (Å²) in [5.41, 5.74) is -0.526. The minimum absolute atomic E-state index is 0.0460. The summed E-state index contributed by atoms with van der Waals surface area (Å²) in [4.78, 5) is 0. The predicted octanol–water partition coefficient (Wildman–Crippen LogP) is 1.96. The van der Waals surface area contributed by atoms with E-state index in [2.05, 4.69) is 10.6 Å². The summed E-state index contributed by atoms with van der Waals surface area (Å²) in [7, 11) is 0. The molecule has 110 valence electrons. The van der Waals surface area contributed by atoms with Crippen molar-refractivity contribution in [3.8, 4) is 6.07 Å². The van der Waals surface area contributed by atoms with Crippen LogP contribution in [-0.4, -0.2) is 30.8 Å². The van der Waals surface area contributed by atoms with E-state index in [0.29, 0.717) is 25.3 Å². The Labute approximate surface area is 115 Å². The van der Waals surface area contributed by atoms with Gasteiger partial charge < -0.3 is 15.7 Å². The highest BCUT2D eigenvalue weighted by Gasteiger charge is 2.30. The second-order valence-electron chi connectivity index (χ2n) is 4.35. The van der Waals surface area contributed by atoms with Crippen LogP contribution in [0.3, 0.4) is 0 Å². The van der Waals surface area contributed by atoms with Crippen molar-refractivity contribution in [2.75, 3.05) is 25.0 Å². The molecule has 1 aromatic rings. The van der Waals surface area contributed by atoms with Crippen molar-refractivity contribution in [1.29, 1.82) is 5.26 Å². The van der Waals surface area contributed by atoms with Gasteiger partial charge in [0, 0.05) is 19.6 Å². The number of nitrogens with one attached hydrogen (secondary N) is 2. The van der Waals surface area contributed by atoms with Gasteiger partial charge in [0.15, 0.2) is 0 Å². The van der Waals surface area contributed by atoms with E-state index in [4.69, 9.17) is 10.4 Å². The molecule has 0 aliphatic rings. The van der Waals surface area contributed by atoms with Gasteiger partial charge in [-0.3, -0.25) is 0 Å². The maximum absolute atomic E-state index is 12.5. The average molecular weight is 287 g/mol. The molecule has 0 saturated carbocycles. The number of anilines is 1. The van der Waals surface area contributed by atoms with Gasteiger partial charge in [-0.15, -0.1) is 0 Å². The standard InChI is InChI=1S/C13H16F3N3O/c1-9(20)8-18-4-5-19-12-3-2-11(13(14,15)16)6-10(12)7-17/h2-3,6,9,18-20H,4-5,8H2,1H3. The summed E-state index contributed by atoms with van der Waals surface area (Å²) in [5, 5.41) is 23.7. The molecule has 0 amide bonds. The number of nitriles is 1. The van der Waals surface area contributed by atoms with Gasteiger partial charge in [0.05, 0.1) is 22.9 Å². The Hall–Kier alpha value is -1.78. The molecule has 0 radical (unpaired) electrons. The Morgan fingerprint density at radius 1 is 1.35 bits per heavy atom. The number of benzene rings is 1. The van der Waals surface area contributed by atoms with Crippen molar-refractivity contribution in [2.24, 2.45) is 0 Å². The van der Waals surface area contributed by atoms with Crippen LogP contribution in [0.25, 0.3) is 0 Å². The molecule has 20 heavy (non-hydrogen) atoms. The van der Waals surface area contributed by atoms with Crippen molar-refractivity contribution in [2.45, 2.75) is 19.2 Å². The zero-order chi connectivity index (χ0) is 15.2. The van der Waals surface area contributed by atoms with E-state index in [1.807, 2.05) is 0 Å². The van der Waals surface area contributed by atoms with Crippen LogP contribution in [0.4, 0.5) is 18.9 Å². The largest absolute Gasteiger partial charge is 0.416 e. The van der Waals surface area contributed by atoms with E-state index in [1.54, 1.807) is 13.0 Å². The van der Waals surface area contributed by atoms with Crippen molar-refractivity contribution in [3.05, 3.63) is 29.3 Å². The second kappa shape index (κ2) is 7.12. The number of rotatable bonds is 6. The highest BCUT2D eigenvalue weighted by molar-refractivity contribution is 5.59. The smallest absolute Gasteiger partial charge is 0.392 e. The number of alkyl halides is 3. The number of aliphatic hydroxyl groups is 1. The van der Waals surface area contributed by atoms with Crippen LogP contribution >= 0.6 is 0 Å². The normalized spacial score (nSPS) is 12.8. The summed E-state index contributed by atoms with van der Waals surface area (Å²) in [6.07, 6.45) is -4.92. The van der Waals surface area contributed by atoms with Crippen LogP contribution < -0.4 is 10.6 Å². The fourth-order valence-corrected chi connectivity index (χ4v) is 1.56. The summed E-state index contributed by atoms with van der Waals surface area (Å²) in [6.45, 7) is 3.04. The lowest BCUT2D eigenvalue weighted by Gasteiger charge is -2.12. The zero-order valence-corrected chi connectivity index (χ0v) is 11.0. The zero-order valence-electron chi connectivity index (χ0n) is 11.0. The van der Waals surface area contributed by atoms with Crippen LogP contribution in [0.15, 0.2) is 18.2 Å². The molecule has 4 nitrogen and oxygen atoms in total. The number of hydrogen-bond donors (Lipinski definition) is 3. The van der Waals surface area contributed by atoms with Crippen molar-refractivity contribution in [1.82, 2.24) is 5.32 Å². The molecule has 0 saturated heterocycles. The summed E-state index contributed by atoms with van der Waals surface area (Å²) in [6, 6.07) is 4.75. The monoisotopic (exact) mass is 287 g/mol. The Balaban J connectivity index is 2.61. The molecule has 0 aliphatic heterocycles. The van der Waals surface area contributed by atoms with Gasteiger partial charge in [-0.2, -0.15) is 18.4 Å². The topological polar surface area (TPSA) is 68.1 Å². The first-order valence-corrected chi connectivity index (χ1v) is 6.08. The molecule has 0 heterocycles. The molecule has 0 spiro atoms. The molecule has 1 aromatic carbocycles. The van der Waals surface area contributed by atoms with Crippen LogP contribution in [-0.2, 0) is 6.18 Å². The fourth-order valence-electron chi connectivity index (χ4n) is 1.56. The Morgan fingerprint density at radius 2 is 2.05 bits per heavy atom. The molecule has 0 aromatic heterocycles. The van der Waals surface area contributed by atoms with Crippen molar-refractivity contribution < 1.29 is 18.3 Å². The predicted molar refractivity (Wildman–Crippen MR) is 69.2 cm³/mol. The van der Waals surface area contributed by atoms with E-state index < -0.39 is 17.8 Å².